The van der Waals surface area contributed by atoms with E-state index in [0.29, 0.717) is 13.1 Å². The molecule has 2 aromatic rings. The first kappa shape index (κ1) is 21.3. The molecule has 0 N–H and O–H groups in total. The predicted octanol–water partition coefficient (Wildman–Crippen LogP) is 5.92. The number of carbonyl (C=O) groups is 1. The largest absolute Gasteiger partial charge is 0.345 e. The predicted molar refractivity (Wildman–Crippen MR) is 114 cm³/mol. The molecule has 27 heavy (non-hydrogen) atoms. The second-order valence-electron chi connectivity index (χ2n) is 7.01. The lowest BCUT2D eigenvalue weighted by Gasteiger charge is -2.26. The van der Waals surface area contributed by atoms with Crippen LogP contribution in [0, 0.1) is 5.92 Å². The second-order valence-corrected chi connectivity index (χ2v) is 7.45. The van der Waals surface area contributed by atoms with Crippen LogP contribution in [0.15, 0.2) is 55.3 Å². The molecule has 0 radical (unpaired) electrons. The van der Waals surface area contributed by atoms with Crippen LogP contribution in [0.25, 0.3) is 0 Å². The van der Waals surface area contributed by atoms with Crippen molar-refractivity contribution in [2.75, 3.05) is 6.54 Å². The van der Waals surface area contributed by atoms with Gasteiger partial charge in [0.15, 0.2) is 0 Å². The van der Waals surface area contributed by atoms with Gasteiger partial charge in [-0.2, -0.15) is 0 Å². The third kappa shape index (κ3) is 6.28. The van der Waals surface area contributed by atoms with Crippen LogP contribution in [0.4, 0.5) is 0 Å². The smallest absolute Gasteiger partial charge is 0.226 e. The maximum atomic E-state index is 13.1. The summed E-state index contributed by atoms with van der Waals surface area (Å²) in [5.41, 5.74) is 2.27. The average Bonchev–Trinajstić information content (AvgIpc) is 3.08. The van der Waals surface area contributed by atoms with Gasteiger partial charge >= 0.3 is 0 Å². The van der Waals surface area contributed by atoms with Gasteiger partial charge in [0.25, 0.3) is 0 Å². The Bertz CT molecular complexity index is 737. The van der Waals surface area contributed by atoms with Crippen molar-refractivity contribution in [3.63, 3.8) is 0 Å². The Hall–Kier alpha value is -2.00. The first-order valence-electron chi connectivity index (χ1n) is 9.87. The van der Waals surface area contributed by atoms with Gasteiger partial charge in [-0.05, 0) is 42.7 Å². The maximum Gasteiger partial charge on any atom is 0.226 e. The number of amides is 1. The van der Waals surface area contributed by atoms with E-state index < -0.39 is 0 Å². The highest BCUT2D eigenvalue weighted by atomic mass is 35.5. The lowest BCUT2D eigenvalue weighted by atomic mass is 9.97. The molecule has 146 valence electrons. The minimum Gasteiger partial charge on any atom is -0.345 e. The maximum absolute atomic E-state index is 13.1. The highest BCUT2D eigenvalue weighted by Gasteiger charge is 2.22. The number of hydrogen-bond acceptors (Lipinski definition) is 1. The molecule has 0 spiro atoms. The van der Waals surface area contributed by atoms with E-state index in [1.807, 2.05) is 35.2 Å². The van der Waals surface area contributed by atoms with Crippen molar-refractivity contribution in [2.45, 2.75) is 52.6 Å². The third-order valence-electron chi connectivity index (χ3n) is 4.93. The molecule has 0 fully saturated rings. The fourth-order valence-corrected chi connectivity index (χ4v) is 3.59. The lowest BCUT2D eigenvalue weighted by molar-refractivity contribution is -0.136. The highest BCUT2D eigenvalue weighted by molar-refractivity contribution is 6.30. The van der Waals surface area contributed by atoms with Crippen molar-refractivity contribution in [1.29, 1.82) is 0 Å². The first-order valence-corrected chi connectivity index (χ1v) is 10.2. The van der Waals surface area contributed by atoms with Crippen molar-refractivity contribution in [1.82, 2.24) is 9.47 Å². The highest BCUT2D eigenvalue weighted by Crippen LogP contribution is 2.19. The van der Waals surface area contributed by atoms with Crippen LogP contribution in [0.3, 0.4) is 0 Å². The SMILES string of the molecule is C=CCN(Cc1cccn1Cc1cccc(Cl)c1)C(=O)[C@H](CC)CCCC. The molecular formula is C23H31ClN2O. The number of carbonyl (C=O) groups excluding carboxylic acids is 1. The lowest BCUT2D eigenvalue weighted by Crippen LogP contribution is -2.36. The molecule has 0 unspecified atom stereocenters. The van der Waals surface area contributed by atoms with E-state index in [4.69, 9.17) is 11.6 Å². The van der Waals surface area contributed by atoms with Crippen molar-refractivity contribution in [2.24, 2.45) is 5.92 Å². The van der Waals surface area contributed by atoms with Crippen LogP contribution in [0.2, 0.25) is 5.02 Å². The summed E-state index contributed by atoms with van der Waals surface area (Å²) in [7, 11) is 0. The summed E-state index contributed by atoms with van der Waals surface area (Å²) >= 11 is 6.11. The molecule has 0 aliphatic heterocycles. The summed E-state index contributed by atoms with van der Waals surface area (Å²) in [5.74, 6) is 0.336. The average molecular weight is 387 g/mol. The standard InChI is InChI=1S/C23H31ClN2O/c1-4-7-11-20(6-3)23(27)26(14-5-2)18-22-13-9-15-25(22)17-19-10-8-12-21(24)16-19/h5,8-10,12-13,15-16,20H,2,4,6-7,11,14,17-18H2,1,3H3/t20-/m1/s1. The number of aromatic nitrogens is 1. The van der Waals surface area contributed by atoms with E-state index in [-0.39, 0.29) is 11.8 Å². The Morgan fingerprint density at radius 3 is 2.78 bits per heavy atom. The fraction of sp³-hybridized carbons (Fsp3) is 0.435. The van der Waals surface area contributed by atoms with Gasteiger partial charge in [0.05, 0.1) is 6.54 Å². The number of unbranched alkanes of at least 4 members (excludes halogenated alkanes) is 1. The number of halogens is 1. The van der Waals surface area contributed by atoms with E-state index >= 15 is 0 Å². The monoisotopic (exact) mass is 386 g/mol. The molecule has 1 aromatic carbocycles. The summed E-state index contributed by atoms with van der Waals surface area (Å²) < 4.78 is 2.18. The van der Waals surface area contributed by atoms with Gasteiger partial charge in [0.1, 0.15) is 0 Å². The molecule has 1 atom stereocenters. The van der Waals surface area contributed by atoms with Crippen LogP contribution >= 0.6 is 11.6 Å². The van der Waals surface area contributed by atoms with E-state index in [1.165, 1.54) is 0 Å². The molecule has 1 aromatic heterocycles. The topological polar surface area (TPSA) is 25.2 Å². The van der Waals surface area contributed by atoms with Gasteiger partial charge in [0, 0.05) is 35.9 Å². The Morgan fingerprint density at radius 1 is 1.30 bits per heavy atom. The number of hydrogen-bond donors (Lipinski definition) is 0. The van der Waals surface area contributed by atoms with Crippen LogP contribution in [-0.4, -0.2) is 21.9 Å². The van der Waals surface area contributed by atoms with Gasteiger partial charge in [-0.1, -0.05) is 56.5 Å². The molecule has 2 rings (SSSR count). The molecule has 0 saturated heterocycles. The van der Waals surface area contributed by atoms with Crippen LogP contribution in [0.5, 0.6) is 0 Å². The van der Waals surface area contributed by atoms with Crippen LogP contribution in [0.1, 0.15) is 50.8 Å². The van der Waals surface area contributed by atoms with Gasteiger partial charge in [-0.25, -0.2) is 0 Å². The molecule has 0 bridgehead atoms. The normalized spacial score (nSPS) is 12.0. The quantitative estimate of drug-likeness (QED) is 0.440. The summed E-state index contributed by atoms with van der Waals surface area (Å²) in [6, 6.07) is 12.0. The second kappa shape index (κ2) is 11.0. The molecule has 4 heteroatoms. The van der Waals surface area contributed by atoms with Crippen molar-refractivity contribution in [3.05, 3.63) is 71.5 Å². The zero-order valence-corrected chi connectivity index (χ0v) is 17.3. The Morgan fingerprint density at radius 2 is 2.11 bits per heavy atom. The molecule has 0 saturated carbocycles. The first-order chi connectivity index (χ1) is 13.1. The zero-order chi connectivity index (χ0) is 19.6. The molecule has 1 amide bonds. The van der Waals surface area contributed by atoms with E-state index in [1.54, 1.807) is 0 Å². The van der Waals surface area contributed by atoms with Gasteiger partial charge in [-0.15, -0.1) is 6.58 Å². The minimum atomic E-state index is 0.0984. The Labute approximate surface area is 168 Å². The number of benzene rings is 1. The summed E-state index contributed by atoms with van der Waals surface area (Å²) in [5, 5.41) is 0.742. The molecule has 0 aliphatic carbocycles. The Balaban J connectivity index is 2.13. The summed E-state index contributed by atoms with van der Waals surface area (Å²) in [4.78, 5) is 15.0. The van der Waals surface area contributed by atoms with Gasteiger partial charge < -0.3 is 9.47 Å². The minimum absolute atomic E-state index is 0.0984. The molecular weight excluding hydrogens is 356 g/mol. The van der Waals surface area contributed by atoms with E-state index in [2.05, 4.69) is 43.3 Å². The molecule has 3 nitrogen and oxygen atoms in total. The van der Waals surface area contributed by atoms with Crippen LogP contribution < -0.4 is 0 Å². The third-order valence-corrected chi connectivity index (χ3v) is 5.16. The van der Waals surface area contributed by atoms with Crippen molar-refractivity contribution < 1.29 is 4.79 Å². The van der Waals surface area contributed by atoms with Gasteiger partial charge in [0.2, 0.25) is 5.91 Å². The van der Waals surface area contributed by atoms with Crippen LogP contribution in [-0.2, 0) is 17.9 Å². The van der Waals surface area contributed by atoms with E-state index in [9.17, 15) is 4.79 Å². The van der Waals surface area contributed by atoms with Crippen molar-refractivity contribution >= 4 is 17.5 Å². The summed E-state index contributed by atoms with van der Waals surface area (Å²) in [6.07, 6.45) is 7.93. The molecule has 0 aliphatic rings. The summed E-state index contributed by atoms with van der Waals surface area (Å²) in [6.45, 7) is 10.0. The van der Waals surface area contributed by atoms with E-state index in [0.717, 1.165) is 48.5 Å². The fourth-order valence-electron chi connectivity index (χ4n) is 3.37. The molecule has 1 heterocycles. The van der Waals surface area contributed by atoms with Crippen molar-refractivity contribution in [3.8, 4) is 0 Å². The number of rotatable bonds is 11. The Kier molecular flexibility index (Phi) is 8.66. The number of nitrogens with zero attached hydrogens (tertiary/aromatic N) is 2. The van der Waals surface area contributed by atoms with Gasteiger partial charge in [-0.3, -0.25) is 4.79 Å². The zero-order valence-electron chi connectivity index (χ0n) is 16.5.